The summed E-state index contributed by atoms with van der Waals surface area (Å²) in [4.78, 5) is 16.1. The van der Waals surface area contributed by atoms with Gasteiger partial charge in [0, 0.05) is 36.6 Å². The van der Waals surface area contributed by atoms with Gasteiger partial charge in [0.1, 0.15) is 0 Å². The zero-order valence-corrected chi connectivity index (χ0v) is 18.4. The van der Waals surface area contributed by atoms with Gasteiger partial charge in [0.25, 0.3) is 5.91 Å². The topological polar surface area (TPSA) is 57.7 Å². The number of benzene rings is 2. The largest absolute Gasteiger partial charge is 0.336 e. The van der Waals surface area contributed by atoms with Crippen molar-refractivity contribution >= 4 is 27.7 Å². The van der Waals surface area contributed by atoms with Gasteiger partial charge >= 0.3 is 0 Å². The van der Waals surface area contributed by atoms with Crippen LogP contribution in [0.25, 0.3) is 0 Å². The second kappa shape index (κ2) is 8.27. The first-order valence-electron chi connectivity index (χ1n) is 9.25. The monoisotopic (exact) mass is 418 g/mol. The van der Waals surface area contributed by atoms with Crippen molar-refractivity contribution in [2.75, 3.05) is 32.4 Å². The lowest BCUT2D eigenvalue weighted by Crippen LogP contribution is -2.50. The molecule has 0 unspecified atom stereocenters. The number of sulfonamides is 1. The van der Waals surface area contributed by atoms with Crippen LogP contribution in [0.4, 0.5) is 0 Å². The molecule has 2 aromatic rings. The molecule has 150 valence electrons. The molecule has 7 heteroatoms. The highest BCUT2D eigenvalue weighted by molar-refractivity contribution is 7.98. The third-order valence-corrected chi connectivity index (χ3v) is 7.94. The van der Waals surface area contributed by atoms with Crippen LogP contribution < -0.4 is 0 Å². The zero-order valence-electron chi connectivity index (χ0n) is 16.7. The summed E-state index contributed by atoms with van der Waals surface area (Å²) < 4.78 is 27.4. The third kappa shape index (κ3) is 4.11. The lowest BCUT2D eigenvalue weighted by molar-refractivity contribution is 0.0697. The molecule has 1 aliphatic rings. The minimum atomic E-state index is -3.54. The number of nitrogens with zero attached hydrogens (tertiary/aromatic N) is 2. The lowest BCUT2D eigenvalue weighted by Gasteiger charge is -2.34. The maximum Gasteiger partial charge on any atom is 0.254 e. The first-order valence-corrected chi connectivity index (χ1v) is 11.9. The van der Waals surface area contributed by atoms with Gasteiger partial charge in [-0.2, -0.15) is 4.31 Å². The van der Waals surface area contributed by atoms with E-state index in [1.54, 1.807) is 28.8 Å². The van der Waals surface area contributed by atoms with E-state index in [4.69, 9.17) is 0 Å². The number of carbonyl (C=O) groups excluding carboxylic acids is 1. The predicted octanol–water partition coefficient (Wildman–Crippen LogP) is 3.48. The average molecular weight is 419 g/mol. The maximum atomic E-state index is 13.0. The Balaban J connectivity index is 1.73. The van der Waals surface area contributed by atoms with E-state index in [1.807, 2.05) is 51.3 Å². The summed E-state index contributed by atoms with van der Waals surface area (Å²) in [7, 11) is -3.54. The normalized spacial score (nSPS) is 15.6. The van der Waals surface area contributed by atoms with Crippen LogP contribution in [0, 0.1) is 20.8 Å². The van der Waals surface area contributed by atoms with Gasteiger partial charge in [0.05, 0.1) is 4.90 Å². The molecule has 0 N–H and O–H groups in total. The molecule has 0 saturated carbocycles. The number of carbonyl (C=O) groups is 1. The number of hydrogen-bond acceptors (Lipinski definition) is 4. The molecule has 2 aromatic carbocycles. The summed E-state index contributed by atoms with van der Waals surface area (Å²) in [6, 6.07) is 11.1. The molecule has 1 saturated heterocycles. The van der Waals surface area contributed by atoms with Gasteiger partial charge in [0.15, 0.2) is 0 Å². The summed E-state index contributed by atoms with van der Waals surface area (Å²) in [5.41, 5.74) is 3.65. The third-order valence-electron chi connectivity index (χ3n) is 5.32. The van der Waals surface area contributed by atoms with E-state index in [-0.39, 0.29) is 5.91 Å². The van der Waals surface area contributed by atoms with Crippen LogP contribution >= 0.6 is 11.8 Å². The van der Waals surface area contributed by atoms with Crippen molar-refractivity contribution < 1.29 is 13.2 Å². The fraction of sp³-hybridized carbons (Fsp3) is 0.381. The molecule has 28 heavy (non-hydrogen) atoms. The number of rotatable bonds is 4. The van der Waals surface area contributed by atoms with Crippen molar-refractivity contribution in [1.82, 2.24) is 9.21 Å². The van der Waals surface area contributed by atoms with Crippen LogP contribution in [-0.2, 0) is 10.0 Å². The van der Waals surface area contributed by atoms with Gasteiger partial charge < -0.3 is 4.90 Å². The Bertz CT molecular complexity index is 995. The van der Waals surface area contributed by atoms with E-state index in [9.17, 15) is 13.2 Å². The Morgan fingerprint density at radius 3 is 2.14 bits per heavy atom. The molecule has 3 rings (SSSR count). The highest BCUT2D eigenvalue weighted by atomic mass is 32.2. The molecule has 1 aliphatic heterocycles. The van der Waals surface area contributed by atoms with Crippen LogP contribution in [0.3, 0.4) is 0 Å². The minimum Gasteiger partial charge on any atom is -0.336 e. The Kier molecular flexibility index (Phi) is 6.17. The average Bonchev–Trinajstić information content (AvgIpc) is 2.70. The van der Waals surface area contributed by atoms with E-state index in [0.29, 0.717) is 36.6 Å². The van der Waals surface area contributed by atoms with E-state index < -0.39 is 10.0 Å². The number of thioether (sulfide) groups is 1. The smallest absolute Gasteiger partial charge is 0.254 e. The standard InChI is InChI=1S/C21H26N2O3S2/c1-15-6-8-19(13-17(15)3)28(25,26)23-11-9-22(10-12-23)21(24)20-14-18(27-4)7-5-16(20)2/h5-8,13-14H,9-12H2,1-4H3. The molecular formula is C21H26N2O3S2. The summed E-state index contributed by atoms with van der Waals surface area (Å²) in [6.07, 6.45) is 1.98. The molecule has 1 heterocycles. The molecule has 0 spiro atoms. The van der Waals surface area contributed by atoms with Crippen LogP contribution in [0.1, 0.15) is 27.0 Å². The maximum absolute atomic E-state index is 13.0. The van der Waals surface area contributed by atoms with Crippen molar-refractivity contribution in [3.8, 4) is 0 Å². The fourth-order valence-corrected chi connectivity index (χ4v) is 5.23. The Hall–Kier alpha value is -1.83. The Morgan fingerprint density at radius 1 is 0.893 bits per heavy atom. The van der Waals surface area contributed by atoms with Crippen molar-refractivity contribution in [2.45, 2.75) is 30.6 Å². The molecule has 0 radical (unpaired) electrons. The second-order valence-electron chi connectivity index (χ2n) is 7.12. The molecule has 0 aliphatic carbocycles. The van der Waals surface area contributed by atoms with E-state index in [0.717, 1.165) is 21.6 Å². The number of piperazine rings is 1. The minimum absolute atomic E-state index is 0.0309. The summed E-state index contributed by atoms with van der Waals surface area (Å²) >= 11 is 1.60. The van der Waals surface area contributed by atoms with Crippen molar-refractivity contribution in [2.24, 2.45) is 0 Å². The van der Waals surface area contributed by atoms with E-state index >= 15 is 0 Å². The van der Waals surface area contributed by atoms with Crippen LogP contribution in [0.2, 0.25) is 0 Å². The Morgan fingerprint density at radius 2 is 1.54 bits per heavy atom. The Labute approximate surface area is 171 Å². The quantitative estimate of drug-likeness (QED) is 0.714. The van der Waals surface area contributed by atoms with Crippen molar-refractivity contribution in [3.05, 3.63) is 58.7 Å². The van der Waals surface area contributed by atoms with Gasteiger partial charge in [-0.05, 0) is 68.0 Å². The lowest BCUT2D eigenvalue weighted by atomic mass is 10.1. The SMILES string of the molecule is CSc1ccc(C)c(C(=O)N2CCN(S(=O)(=O)c3ccc(C)c(C)c3)CC2)c1. The summed E-state index contributed by atoms with van der Waals surface area (Å²) in [5.74, 6) is -0.0309. The second-order valence-corrected chi connectivity index (χ2v) is 9.94. The number of hydrogen-bond donors (Lipinski definition) is 0. The van der Waals surface area contributed by atoms with E-state index in [2.05, 4.69) is 0 Å². The van der Waals surface area contributed by atoms with Crippen LogP contribution in [0.15, 0.2) is 46.2 Å². The number of aryl methyl sites for hydroxylation is 3. The molecule has 5 nitrogen and oxygen atoms in total. The molecule has 0 atom stereocenters. The van der Waals surface area contributed by atoms with E-state index in [1.165, 1.54) is 4.31 Å². The zero-order chi connectivity index (χ0) is 20.5. The van der Waals surface area contributed by atoms with Gasteiger partial charge in [-0.1, -0.05) is 12.1 Å². The van der Waals surface area contributed by atoms with Crippen LogP contribution in [0.5, 0.6) is 0 Å². The highest BCUT2D eigenvalue weighted by Crippen LogP contribution is 2.23. The van der Waals surface area contributed by atoms with Gasteiger partial charge in [-0.15, -0.1) is 11.8 Å². The highest BCUT2D eigenvalue weighted by Gasteiger charge is 2.31. The van der Waals surface area contributed by atoms with Gasteiger partial charge in [-0.25, -0.2) is 8.42 Å². The first kappa shape index (κ1) is 20.9. The number of amides is 1. The molecular weight excluding hydrogens is 392 g/mol. The van der Waals surface area contributed by atoms with Gasteiger partial charge in [0.2, 0.25) is 10.0 Å². The van der Waals surface area contributed by atoms with Crippen molar-refractivity contribution in [1.29, 1.82) is 0 Å². The first-order chi connectivity index (χ1) is 13.2. The molecule has 1 fully saturated rings. The summed E-state index contributed by atoms with van der Waals surface area (Å²) in [5, 5.41) is 0. The van der Waals surface area contributed by atoms with Crippen molar-refractivity contribution in [3.63, 3.8) is 0 Å². The predicted molar refractivity (Wildman–Crippen MR) is 114 cm³/mol. The van der Waals surface area contributed by atoms with Gasteiger partial charge in [-0.3, -0.25) is 4.79 Å². The molecule has 0 bridgehead atoms. The summed E-state index contributed by atoms with van der Waals surface area (Å²) in [6.45, 7) is 7.21. The molecule has 0 aromatic heterocycles. The van der Waals surface area contributed by atoms with Crippen LogP contribution in [-0.4, -0.2) is 56.0 Å². The fourth-order valence-electron chi connectivity index (χ4n) is 3.28. The molecule has 1 amide bonds.